The van der Waals surface area contributed by atoms with Crippen LogP contribution in [0.15, 0.2) is 54.6 Å². The molecule has 0 fully saturated rings. The van der Waals surface area contributed by atoms with E-state index >= 15 is 4.39 Å². The topological polar surface area (TPSA) is 0 Å². The molecule has 1 aliphatic carbocycles. The van der Waals surface area contributed by atoms with Crippen LogP contribution in [0.2, 0.25) is 0 Å². The largest absolute Gasteiger partial charge is 0.206 e. The summed E-state index contributed by atoms with van der Waals surface area (Å²) in [7, 11) is 0. The van der Waals surface area contributed by atoms with Crippen LogP contribution in [0.1, 0.15) is 47.9 Å². The van der Waals surface area contributed by atoms with Crippen LogP contribution in [0.4, 0.5) is 13.2 Å². The molecular weight excluding hydrogens is 357 g/mol. The summed E-state index contributed by atoms with van der Waals surface area (Å²) >= 11 is 0. The predicted molar refractivity (Wildman–Crippen MR) is 107 cm³/mol. The molecule has 0 saturated carbocycles. The Kier molecular flexibility index (Phi) is 5.25. The Balaban J connectivity index is 1.60. The van der Waals surface area contributed by atoms with Gasteiger partial charge in [-0.2, -0.15) is 0 Å². The second-order valence-corrected chi connectivity index (χ2v) is 7.62. The van der Waals surface area contributed by atoms with Gasteiger partial charge >= 0.3 is 0 Å². The molecule has 0 amide bonds. The van der Waals surface area contributed by atoms with E-state index < -0.39 is 11.6 Å². The van der Waals surface area contributed by atoms with Gasteiger partial charge in [0.1, 0.15) is 5.82 Å². The van der Waals surface area contributed by atoms with E-state index in [2.05, 4.69) is 31.2 Å². The number of aryl methyl sites for hydroxylation is 1. The average Bonchev–Trinajstić information content (AvgIpc) is 2.71. The minimum absolute atomic E-state index is 0.305. The number of benzene rings is 3. The summed E-state index contributed by atoms with van der Waals surface area (Å²) in [5.74, 6) is -1.80. The van der Waals surface area contributed by atoms with E-state index in [-0.39, 0.29) is 5.82 Å². The first-order valence-corrected chi connectivity index (χ1v) is 9.91. The standard InChI is InChI=1S/C25H23F3/c1-2-3-16-4-6-17(7-5-16)18-8-11-21-19(14-18)9-12-22(25(21)28)20-10-13-23(26)24(27)15-20/h4-7,9-10,12-13,15,18H,2-3,8,11,14H2,1H3. The lowest BCUT2D eigenvalue weighted by Gasteiger charge is -2.26. The maximum absolute atomic E-state index is 15.1. The molecule has 1 unspecified atom stereocenters. The van der Waals surface area contributed by atoms with Crippen LogP contribution in [0.5, 0.6) is 0 Å². The minimum Gasteiger partial charge on any atom is -0.206 e. The smallest absolute Gasteiger partial charge is 0.159 e. The molecule has 1 atom stereocenters. The first-order valence-electron chi connectivity index (χ1n) is 9.91. The van der Waals surface area contributed by atoms with Crippen LogP contribution in [-0.4, -0.2) is 0 Å². The van der Waals surface area contributed by atoms with Gasteiger partial charge in [-0.3, -0.25) is 0 Å². The van der Waals surface area contributed by atoms with E-state index in [1.165, 1.54) is 17.2 Å². The zero-order valence-electron chi connectivity index (χ0n) is 15.9. The third-order valence-corrected chi connectivity index (χ3v) is 5.77. The first kappa shape index (κ1) is 18.8. The predicted octanol–water partition coefficient (Wildman–Crippen LogP) is 7.00. The second-order valence-electron chi connectivity index (χ2n) is 7.62. The van der Waals surface area contributed by atoms with Gasteiger partial charge in [0.05, 0.1) is 0 Å². The monoisotopic (exact) mass is 380 g/mol. The maximum atomic E-state index is 15.1. The molecule has 0 saturated heterocycles. The van der Waals surface area contributed by atoms with E-state index in [1.807, 2.05) is 6.07 Å². The molecule has 0 heterocycles. The highest BCUT2D eigenvalue weighted by atomic mass is 19.2. The van der Waals surface area contributed by atoms with E-state index in [1.54, 1.807) is 6.07 Å². The lowest BCUT2D eigenvalue weighted by Crippen LogP contribution is -2.15. The van der Waals surface area contributed by atoms with E-state index in [4.69, 9.17) is 0 Å². The third-order valence-electron chi connectivity index (χ3n) is 5.77. The van der Waals surface area contributed by atoms with Crippen molar-refractivity contribution in [1.82, 2.24) is 0 Å². The molecule has 0 nitrogen and oxygen atoms in total. The molecular formula is C25H23F3. The highest BCUT2D eigenvalue weighted by molar-refractivity contribution is 5.66. The summed E-state index contributed by atoms with van der Waals surface area (Å²) in [6.45, 7) is 2.18. The summed E-state index contributed by atoms with van der Waals surface area (Å²) in [6.07, 6.45) is 4.57. The summed E-state index contributed by atoms with van der Waals surface area (Å²) in [4.78, 5) is 0. The third kappa shape index (κ3) is 3.58. The van der Waals surface area contributed by atoms with Crippen molar-refractivity contribution in [3.63, 3.8) is 0 Å². The Morgan fingerprint density at radius 2 is 1.68 bits per heavy atom. The fraction of sp³-hybridized carbons (Fsp3) is 0.280. The van der Waals surface area contributed by atoms with Gasteiger partial charge in [0, 0.05) is 5.56 Å². The molecule has 3 aromatic carbocycles. The lowest BCUT2D eigenvalue weighted by molar-refractivity contribution is 0.508. The van der Waals surface area contributed by atoms with E-state index in [0.717, 1.165) is 43.4 Å². The van der Waals surface area contributed by atoms with Gasteiger partial charge in [0.15, 0.2) is 11.6 Å². The zero-order chi connectivity index (χ0) is 19.7. The van der Waals surface area contributed by atoms with Gasteiger partial charge in [0.2, 0.25) is 0 Å². The Hall–Kier alpha value is -2.55. The van der Waals surface area contributed by atoms with Crippen LogP contribution in [0, 0.1) is 17.5 Å². The van der Waals surface area contributed by atoms with Crippen molar-refractivity contribution in [3.05, 3.63) is 94.3 Å². The Bertz CT molecular complexity index is 989. The number of hydrogen-bond donors (Lipinski definition) is 0. The lowest BCUT2D eigenvalue weighted by atomic mass is 9.79. The fourth-order valence-corrected chi connectivity index (χ4v) is 4.23. The molecule has 0 bridgehead atoms. The van der Waals surface area contributed by atoms with Gasteiger partial charge in [-0.05, 0) is 71.6 Å². The molecule has 3 heteroatoms. The van der Waals surface area contributed by atoms with Crippen LogP contribution in [-0.2, 0) is 19.3 Å². The van der Waals surface area contributed by atoms with Gasteiger partial charge in [-0.1, -0.05) is 55.8 Å². The normalized spacial score (nSPS) is 16.1. The molecule has 0 aliphatic heterocycles. The highest BCUT2D eigenvalue weighted by Crippen LogP contribution is 2.37. The van der Waals surface area contributed by atoms with Crippen molar-refractivity contribution in [2.75, 3.05) is 0 Å². The molecule has 4 rings (SSSR count). The maximum Gasteiger partial charge on any atom is 0.159 e. The summed E-state index contributed by atoms with van der Waals surface area (Å²) in [5, 5.41) is 0. The summed E-state index contributed by atoms with van der Waals surface area (Å²) in [5.41, 5.74) is 5.08. The average molecular weight is 380 g/mol. The number of halogens is 3. The molecule has 28 heavy (non-hydrogen) atoms. The Morgan fingerprint density at radius 3 is 2.39 bits per heavy atom. The van der Waals surface area contributed by atoms with Crippen molar-refractivity contribution in [2.45, 2.75) is 44.9 Å². The van der Waals surface area contributed by atoms with Crippen molar-refractivity contribution < 1.29 is 13.2 Å². The number of fused-ring (bicyclic) bond motifs is 1. The number of rotatable bonds is 4. The molecule has 0 N–H and O–H groups in total. The summed E-state index contributed by atoms with van der Waals surface area (Å²) in [6, 6.07) is 15.9. The molecule has 1 aliphatic rings. The molecule has 0 spiro atoms. The highest BCUT2D eigenvalue weighted by Gasteiger charge is 2.24. The molecule has 144 valence electrons. The Labute approximate surface area is 164 Å². The van der Waals surface area contributed by atoms with Crippen molar-refractivity contribution in [2.24, 2.45) is 0 Å². The van der Waals surface area contributed by atoms with Crippen LogP contribution in [0.3, 0.4) is 0 Å². The van der Waals surface area contributed by atoms with Crippen LogP contribution in [0.25, 0.3) is 11.1 Å². The van der Waals surface area contributed by atoms with Gasteiger partial charge < -0.3 is 0 Å². The Morgan fingerprint density at radius 1 is 0.893 bits per heavy atom. The fourth-order valence-electron chi connectivity index (χ4n) is 4.23. The minimum atomic E-state index is -0.957. The molecule has 0 aromatic heterocycles. The van der Waals surface area contributed by atoms with Crippen LogP contribution < -0.4 is 0 Å². The van der Waals surface area contributed by atoms with Crippen LogP contribution >= 0.6 is 0 Å². The van der Waals surface area contributed by atoms with Gasteiger partial charge in [0.25, 0.3) is 0 Å². The van der Waals surface area contributed by atoms with Crippen molar-refractivity contribution in [1.29, 1.82) is 0 Å². The zero-order valence-corrected chi connectivity index (χ0v) is 15.9. The van der Waals surface area contributed by atoms with Gasteiger partial charge in [-0.25, -0.2) is 13.2 Å². The number of hydrogen-bond acceptors (Lipinski definition) is 0. The SMILES string of the molecule is CCCc1ccc(C2CCc3c(ccc(-c4ccc(F)c(F)c4)c3F)C2)cc1. The van der Waals surface area contributed by atoms with E-state index in [9.17, 15) is 8.78 Å². The summed E-state index contributed by atoms with van der Waals surface area (Å²) < 4.78 is 41.9. The van der Waals surface area contributed by atoms with E-state index in [0.29, 0.717) is 29.0 Å². The quantitative estimate of drug-likeness (QED) is 0.457. The molecule has 3 aromatic rings. The second kappa shape index (κ2) is 7.83. The van der Waals surface area contributed by atoms with Crippen molar-refractivity contribution in [3.8, 4) is 11.1 Å². The molecule has 0 radical (unpaired) electrons. The van der Waals surface area contributed by atoms with Crippen molar-refractivity contribution >= 4 is 0 Å². The van der Waals surface area contributed by atoms with Gasteiger partial charge in [-0.15, -0.1) is 0 Å². The first-order chi connectivity index (χ1) is 13.6.